The molecule has 1 amide bonds. The fraction of sp³-hybridized carbons (Fsp3) is 0.143. The highest BCUT2D eigenvalue weighted by molar-refractivity contribution is 6.33. The van der Waals surface area contributed by atoms with Gasteiger partial charge in [-0.25, -0.2) is 0 Å². The first-order chi connectivity index (χ1) is 13.4. The van der Waals surface area contributed by atoms with Crippen molar-refractivity contribution in [3.63, 3.8) is 0 Å². The number of carbonyl (C=O) groups excluding carboxylic acids is 1. The van der Waals surface area contributed by atoms with Crippen LogP contribution in [0.4, 0.5) is 11.4 Å². The molecule has 28 heavy (non-hydrogen) atoms. The first kappa shape index (κ1) is 20.0. The predicted octanol–water partition coefficient (Wildman–Crippen LogP) is 5.30. The van der Waals surface area contributed by atoms with Gasteiger partial charge < -0.3 is 10.6 Å². The number of aryl methyl sites for hydroxylation is 2. The van der Waals surface area contributed by atoms with Crippen LogP contribution >= 0.6 is 23.2 Å². The first-order valence-corrected chi connectivity index (χ1v) is 9.45. The number of nitrogens with zero attached hydrogens (tertiary/aromatic N) is 2. The fourth-order valence-electron chi connectivity index (χ4n) is 2.71. The van der Waals surface area contributed by atoms with Gasteiger partial charge in [0.05, 0.1) is 16.4 Å². The highest BCUT2D eigenvalue weighted by Crippen LogP contribution is 2.26. The number of nitrogens with one attached hydrogen (secondary N) is 2. The molecule has 0 saturated carbocycles. The van der Waals surface area contributed by atoms with Gasteiger partial charge in [-0.2, -0.15) is 5.10 Å². The molecule has 2 N–H and O–H groups in total. The van der Waals surface area contributed by atoms with Gasteiger partial charge in [-0.3, -0.25) is 9.48 Å². The maximum atomic E-state index is 12.2. The van der Waals surface area contributed by atoms with Gasteiger partial charge in [0.1, 0.15) is 5.15 Å². The zero-order chi connectivity index (χ0) is 20.1. The molecule has 7 heteroatoms. The number of rotatable bonds is 6. The van der Waals surface area contributed by atoms with Crippen molar-refractivity contribution in [2.45, 2.75) is 13.5 Å². The molecule has 3 aromatic rings. The Bertz CT molecular complexity index is 1010. The third kappa shape index (κ3) is 4.94. The van der Waals surface area contributed by atoms with Gasteiger partial charge in [0.15, 0.2) is 0 Å². The van der Waals surface area contributed by atoms with Gasteiger partial charge >= 0.3 is 0 Å². The minimum absolute atomic E-state index is 0.277. The summed E-state index contributed by atoms with van der Waals surface area (Å²) in [4.78, 5) is 12.2. The van der Waals surface area contributed by atoms with Crippen molar-refractivity contribution in [2.75, 3.05) is 10.6 Å². The number of halogens is 2. The lowest BCUT2D eigenvalue weighted by Crippen LogP contribution is -2.08. The molecule has 1 aromatic heterocycles. The predicted molar refractivity (Wildman–Crippen MR) is 116 cm³/mol. The second kappa shape index (κ2) is 8.95. The van der Waals surface area contributed by atoms with Crippen molar-refractivity contribution in [1.82, 2.24) is 9.78 Å². The van der Waals surface area contributed by atoms with E-state index >= 15 is 0 Å². The molecule has 0 saturated heterocycles. The minimum atomic E-state index is -0.277. The fourth-order valence-corrected chi connectivity index (χ4v) is 3.19. The third-order valence-electron chi connectivity index (χ3n) is 4.16. The maximum Gasteiger partial charge on any atom is 0.248 e. The summed E-state index contributed by atoms with van der Waals surface area (Å²) in [7, 11) is 1.75. The second-order valence-corrected chi connectivity index (χ2v) is 7.04. The molecule has 3 rings (SSSR count). The van der Waals surface area contributed by atoms with Crippen LogP contribution in [0, 0.1) is 6.92 Å². The summed E-state index contributed by atoms with van der Waals surface area (Å²) in [6.45, 7) is 2.50. The lowest BCUT2D eigenvalue weighted by Gasteiger charge is -2.10. The molecule has 0 bridgehead atoms. The van der Waals surface area contributed by atoms with Gasteiger partial charge in [0, 0.05) is 30.9 Å². The van der Waals surface area contributed by atoms with Crippen molar-refractivity contribution in [3.8, 4) is 0 Å². The van der Waals surface area contributed by atoms with Crippen LogP contribution in [0.2, 0.25) is 10.2 Å². The summed E-state index contributed by atoms with van der Waals surface area (Å²) in [6, 6.07) is 15.4. The molecule has 2 aromatic carbocycles. The minimum Gasteiger partial charge on any atom is -0.380 e. The van der Waals surface area contributed by atoms with Gasteiger partial charge in [-0.1, -0.05) is 53.5 Å². The van der Waals surface area contributed by atoms with Crippen molar-refractivity contribution in [3.05, 3.63) is 81.6 Å². The quantitative estimate of drug-likeness (QED) is 0.538. The van der Waals surface area contributed by atoms with Gasteiger partial charge in [0.2, 0.25) is 5.91 Å². The molecule has 0 aliphatic heterocycles. The Morgan fingerprint density at radius 2 is 1.93 bits per heavy atom. The molecule has 0 atom stereocenters. The van der Waals surface area contributed by atoms with Crippen LogP contribution in [0.15, 0.2) is 54.6 Å². The molecule has 0 aliphatic carbocycles. The van der Waals surface area contributed by atoms with E-state index in [4.69, 9.17) is 23.2 Å². The Labute approximate surface area is 174 Å². The number of aromatic nitrogens is 2. The summed E-state index contributed by atoms with van der Waals surface area (Å²) >= 11 is 12.5. The van der Waals surface area contributed by atoms with Crippen molar-refractivity contribution < 1.29 is 4.79 Å². The van der Waals surface area contributed by atoms with E-state index in [1.54, 1.807) is 29.9 Å². The number of benzene rings is 2. The number of amides is 1. The molecule has 1 heterocycles. The Hall–Kier alpha value is -2.76. The standard InChI is InChI=1S/C21H20Cl2N4O/c1-14-17(21(23)27(2)26-14)9-11-20(28)25-16-8-10-19(18(22)12-16)24-13-15-6-4-3-5-7-15/h3-12,24H,13H2,1-2H3,(H,25,28). The summed E-state index contributed by atoms with van der Waals surface area (Å²) in [5.41, 5.74) is 4.05. The van der Waals surface area contributed by atoms with Gasteiger partial charge in [-0.15, -0.1) is 0 Å². The van der Waals surface area contributed by atoms with E-state index in [-0.39, 0.29) is 5.91 Å². The number of hydrogen-bond donors (Lipinski definition) is 2. The van der Waals surface area contributed by atoms with E-state index in [1.165, 1.54) is 6.08 Å². The van der Waals surface area contributed by atoms with E-state index in [0.717, 1.165) is 22.5 Å². The van der Waals surface area contributed by atoms with Crippen molar-refractivity contribution in [1.29, 1.82) is 0 Å². The third-order valence-corrected chi connectivity index (χ3v) is 4.92. The van der Waals surface area contributed by atoms with Crippen LogP contribution in [0.5, 0.6) is 0 Å². The first-order valence-electron chi connectivity index (χ1n) is 8.69. The van der Waals surface area contributed by atoms with E-state index in [1.807, 2.05) is 43.3 Å². The van der Waals surface area contributed by atoms with E-state index in [9.17, 15) is 4.79 Å². The molecule has 0 aliphatic rings. The average molecular weight is 415 g/mol. The van der Waals surface area contributed by atoms with E-state index < -0.39 is 0 Å². The lowest BCUT2D eigenvalue weighted by molar-refractivity contribution is -0.111. The zero-order valence-corrected chi connectivity index (χ0v) is 17.1. The Kier molecular flexibility index (Phi) is 6.39. The van der Waals surface area contributed by atoms with Gasteiger partial charge in [0.25, 0.3) is 0 Å². The molecule has 0 unspecified atom stereocenters. The highest BCUT2D eigenvalue weighted by Gasteiger charge is 2.09. The lowest BCUT2D eigenvalue weighted by atomic mass is 10.2. The number of anilines is 2. The molecular weight excluding hydrogens is 395 g/mol. The van der Waals surface area contributed by atoms with E-state index in [0.29, 0.717) is 22.4 Å². The number of carbonyl (C=O) groups is 1. The Morgan fingerprint density at radius 1 is 1.18 bits per heavy atom. The summed E-state index contributed by atoms with van der Waals surface area (Å²) in [6.07, 6.45) is 3.07. The van der Waals surface area contributed by atoms with Crippen LogP contribution in [0.3, 0.4) is 0 Å². The van der Waals surface area contributed by atoms with Crippen LogP contribution in [0.1, 0.15) is 16.8 Å². The van der Waals surface area contributed by atoms with Crippen LogP contribution in [-0.2, 0) is 18.4 Å². The monoisotopic (exact) mass is 414 g/mol. The highest BCUT2D eigenvalue weighted by atomic mass is 35.5. The van der Waals surface area contributed by atoms with Crippen molar-refractivity contribution in [2.24, 2.45) is 7.05 Å². The molecular formula is C21H20Cl2N4O. The molecule has 0 fully saturated rings. The molecule has 144 valence electrons. The van der Waals surface area contributed by atoms with Crippen LogP contribution in [0.25, 0.3) is 6.08 Å². The normalized spacial score (nSPS) is 11.0. The van der Waals surface area contributed by atoms with Gasteiger partial charge in [-0.05, 0) is 36.8 Å². The second-order valence-electron chi connectivity index (χ2n) is 6.27. The smallest absolute Gasteiger partial charge is 0.248 e. The summed E-state index contributed by atoms with van der Waals surface area (Å²) in [5, 5.41) is 11.3. The largest absolute Gasteiger partial charge is 0.380 e. The molecule has 5 nitrogen and oxygen atoms in total. The Balaban J connectivity index is 1.62. The molecule has 0 spiro atoms. The van der Waals surface area contributed by atoms with E-state index in [2.05, 4.69) is 15.7 Å². The summed E-state index contributed by atoms with van der Waals surface area (Å²) in [5.74, 6) is -0.277. The number of hydrogen-bond acceptors (Lipinski definition) is 3. The summed E-state index contributed by atoms with van der Waals surface area (Å²) < 4.78 is 1.56. The van der Waals surface area contributed by atoms with Crippen molar-refractivity contribution >= 4 is 46.6 Å². The maximum absolute atomic E-state index is 12.2. The zero-order valence-electron chi connectivity index (χ0n) is 15.5. The molecule has 0 radical (unpaired) electrons. The SMILES string of the molecule is Cc1nn(C)c(Cl)c1C=CC(=O)Nc1ccc(NCc2ccccc2)c(Cl)c1. The topological polar surface area (TPSA) is 59.0 Å². The van der Waals surface area contributed by atoms with Crippen LogP contribution in [-0.4, -0.2) is 15.7 Å². The Morgan fingerprint density at radius 3 is 2.57 bits per heavy atom. The van der Waals surface area contributed by atoms with Crippen LogP contribution < -0.4 is 10.6 Å². The average Bonchev–Trinajstić information content (AvgIpc) is 2.92.